The maximum atomic E-state index is 11.5. The number of rotatable bonds is 6. The van der Waals surface area contributed by atoms with Gasteiger partial charge in [-0.2, -0.15) is 0 Å². The largest absolute Gasteiger partial charge is 0.508 e. The van der Waals surface area contributed by atoms with E-state index in [2.05, 4.69) is 5.32 Å². The van der Waals surface area contributed by atoms with Crippen molar-refractivity contribution in [1.82, 2.24) is 5.32 Å². The summed E-state index contributed by atoms with van der Waals surface area (Å²) in [6.45, 7) is 2.34. The van der Waals surface area contributed by atoms with Crippen LogP contribution in [0.4, 0.5) is 0 Å². The summed E-state index contributed by atoms with van der Waals surface area (Å²) in [7, 11) is 0. The Morgan fingerprint density at radius 1 is 1.39 bits per heavy atom. The summed E-state index contributed by atoms with van der Waals surface area (Å²) >= 11 is 0. The number of phenols is 1. The van der Waals surface area contributed by atoms with Gasteiger partial charge in [0, 0.05) is 6.54 Å². The smallest absolute Gasteiger partial charge is 0.307 e. The van der Waals surface area contributed by atoms with Crippen molar-refractivity contribution in [3.05, 3.63) is 29.8 Å². The lowest BCUT2D eigenvalue weighted by atomic mass is 10.1. The number of aromatic hydroxyl groups is 1. The predicted molar refractivity (Wildman–Crippen MR) is 66.1 cm³/mol. The Bertz CT molecular complexity index is 417. The molecule has 0 aliphatic heterocycles. The molecule has 5 heteroatoms. The zero-order valence-corrected chi connectivity index (χ0v) is 10.3. The molecular weight excluding hydrogens is 234 g/mol. The number of ether oxygens (including phenoxy) is 1. The predicted octanol–water partition coefficient (Wildman–Crippen LogP) is 1.00. The minimum Gasteiger partial charge on any atom is -0.508 e. The second-order valence-electron chi connectivity index (χ2n) is 3.75. The fourth-order valence-electron chi connectivity index (χ4n) is 1.45. The van der Waals surface area contributed by atoms with E-state index in [0.29, 0.717) is 6.61 Å². The number of esters is 1. The molecule has 98 valence electrons. The molecule has 2 N–H and O–H groups in total. The molecule has 1 aromatic rings. The zero-order valence-electron chi connectivity index (χ0n) is 10.3. The van der Waals surface area contributed by atoms with Gasteiger partial charge in [-0.1, -0.05) is 12.1 Å². The van der Waals surface area contributed by atoms with Gasteiger partial charge in [-0.05, 0) is 24.6 Å². The fraction of sp³-hybridized carbons (Fsp3) is 0.385. The number of carbonyl (C=O) groups is 2. The van der Waals surface area contributed by atoms with Gasteiger partial charge < -0.3 is 15.2 Å². The molecule has 0 heterocycles. The Balaban J connectivity index is 2.28. The summed E-state index contributed by atoms with van der Waals surface area (Å²) in [6.07, 6.45) is 0.344. The van der Waals surface area contributed by atoms with Gasteiger partial charge in [-0.25, -0.2) is 0 Å². The van der Waals surface area contributed by atoms with Crippen molar-refractivity contribution in [3.8, 4) is 5.75 Å². The zero-order chi connectivity index (χ0) is 13.4. The highest BCUT2D eigenvalue weighted by molar-refractivity contribution is 5.79. The van der Waals surface area contributed by atoms with E-state index in [1.165, 1.54) is 6.07 Å². The van der Waals surface area contributed by atoms with Crippen molar-refractivity contribution in [2.75, 3.05) is 13.2 Å². The van der Waals surface area contributed by atoms with Crippen molar-refractivity contribution >= 4 is 11.9 Å². The quantitative estimate of drug-likeness (QED) is 0.740. The van der Waals surface area contributed by atoms with Gasteiger partial charge in [-0.3, -0.25) is 9.59 Å². The average Bonchev–Trinajstić information content (AvgIpc) is 2.29. The molecule has 0 saturated carbocycles. The standard InChI is InChI=1S/C13H17NO4/c1-2-18-13(17)6-7-14-12(16)9-10-4-3-5-11(15)8-10/h3-5,8,15H,2,6-7,9H2,1H3,(H,14,16). The van der Waals surface area contributed by atoms with Crippen LogP contribution in [0.2, 0.25) is 0 Å². The maximum absolute atomic E-state index is 11.5. The van der Waals surface area contributed by atoms with Gasteiger partial charge in [-0.15, -0.1) is 0 Å². The van der Waals surface area contributed by atoms with Crippen molar-refractivity contribution in [2.45, 2.75) is 19.8 Å². The van der Waals surface area contributed by atoms with E-state index in [4.69, 9.17) is 4.74 Å². The van der Waals surface area contributed by atoms with Gasteiger partial charge in [0.05, 0.1) is 19.4 Å². The molecule has 18 heavy (non-hydrogen) atoms. The van der Waals surface area contributed by atoms with E-state index in [9.17, 15) is 14.7 Å². The van der Waals surface area contributed by atoms with Crippen LogP contribution in [0.3, 0.4) is 0 Å². The molecule has 0 saturated heterocycles. The van der Waals surface area contributed by atoms with Crippen LogP contribution in [0.25, 0.3) is 0 Å². The van der Waals surface area contributed by atoms with Gasteiger partial charge in [0.15, 0.2) is 0 Å². The minimum absolute atomic E-state index is 0.131. The summed E-state index contributed by atoms with van der Waals surface area (Å²) in [6, 6.07) is 6.51. The molecule has 0 aromatic heterocycles. The molecule has 1 aromatic carbocycles. The van der Waals surface area contributed by atoms with E-state index in [1.807, 2.05) is 0 Å². The molecule has 0 atom stereocenters. The van der Waals surface area contributed by atoms with Gasteiger partial charge in [0.2, 0.25) is 5.91 Å². The van der Waals surface area contributed by atoms with Crippen molar-refractivity contribution < 1.29 is 19.4 Å². The molecule has 0 spiro atoms. The van der Waals surface area contributed by atoms with Crippen LogP contribution in [-0.4, -0.2) is 30.1 Å². The SMILES string of the molecule is CCOC(=O)CCNC(=O)Cc1cccc(O)c1. The monoisotopic (exact) mass is 251 g/mol. The summed E-state index contributed by atoms with van der Waals surface area (Å²) in [5.74, 6) is -0.383. The van der Waals surface area contributed by atoms with E-state index >= 15 is 0 Å². The molecule has 0 aliphatic rings. The van der Waals surface area contributed by atoms with Crippen LogP contribution < -0.4 is 5.32 Å². The third-order valence-corrected chi connectivity index (χ3v) is 2.23. The van der Waals surface area contributed by atoms with Crippen LogP contribution >= 0.6 is 0 Å². The molecule has 5 nitrogen and oxygen atoms in total. The first kappa shape index (κ1) is 14.0. The van der Waals surface area contributed by atoms with Crippen molar-refractivity contribution in [1.29, 1.82) is 0 Å². The number of phenolic OH excluding ortho intramolecular Hbond substituents is 1. The van der Waals surface area contributed by atoms with Gasteiger partial charge in [0.1, 0.15) is 5.75 Å². The topological polar surface area (TPSA) is 75.6 Å². The van der Waals surface area contributed by atoms with Crippen molar-refractivity contribution in [3.63, 3.8) is 0 Å². The Kier molecular flexibility index (Phi) is 5.70. The van der Waals surface area contributed by atoms with E-state index < -0.39 is 0 Å². The fourth-order valence-corrected chi connectivity index (χ4v) is 1.45. The lowest BCUT2D eigenvalue weighted by molar-refractivity contribution is -0.143. The summed E-state index contributed by atoms with van der Waals surface area (Å²) in [5, 5.41) is 11.9. The van der Waals surface area contributed by atoms with Gasteiger partial charge >= 0.3 is 5.97 Å². The Labute approximate surface area is 106 Å². The molecule has 0 bridgehead atoms. The first-order valence-corrected chi connectivity index (χ1v) is 5.82. The number of amides is 1. The van der Waals surface area contributed by atoms with E-state index in [1.54, 1.807) is 25.1 Å². The normalized spacial score (nSPS) is 9.83. The van der Waals surface area contributed by atoms with E-state index in [0.717, 1.165) is 5.56 Å². The van der Waals surface area contributed by atoms with Gasteiger partial charge in [0.25, 0.3) is 0 Å². The van der Waals surface area contributed by atoms with E-state index in [-0.39, 0.29) is 37.0 Å². The summed E-state index contributed by atoms with van der Waals surface area (Å²) in [4.78, 5) is 22.5. The Morgan fingerprint density at radius 2 is 2.17 bits per heavy atom. The second-order valence-corrected chi connectivity index (χ2v) is 3.75. The summed E-state index contributed by atoms with van der Waals surface area (Å²) < 4.78 is 4.73. The molecule has 0 radical (unpaired) electrons. The average molecular weight is 251 g/mol. The number of benzene rings is 1. The number of carbonyl (C=O) groups excluding carboxylic acids is 2. The molecule has 1 rings (SSSR count). The Morgan fingerprint density at radius 3 is 2.83 bits per heavy atom. The molecule has 0 unspecified atom stereocenters. The lowest BCUT2D eigenvalue weighted by Crippen LogP contribution is -2.27. The van der Waals surface area contributed by atoms with Crippen LogP contribution in [-0.2, 0) is 20.7 Å². The molecule has 1 amide bonds. The maximum Gasteiger partial charge on any atom is 0.307 e. The highest BCUT2D eigenvalue weighted by atomic mass is 16.5. The first-order chi connectivity index (χ1) is 8.61. The third-order valence-electron chi connectivity index (χ3n) is 2.23. The second kappa shape index (κ2) is 7.32. The van der Waals surface area contributed by atoms with Crippen LogP contribution in [0, 0.1) is 0 Å². The highest BCUT2D eigenvalue weighted by Gasteiger charge is 2.06. The van der Waals surface area contributed by atoms with Crippen LogP contribution in [0.15, 0.2) is 24.3 Å². The minimum atomic E-state index is -0.324. The van der Waals surface area contributed by atoms with Crippen LogP contribution in [0.1, 0.15) is 18.9 Å². The highest BCUT2D eigenvalue weighted by Crippen LogP contribution is 2.11. The molecule has 0 aliphatic carbocycles. The molecule has 0 fully saturated rings. The van der Waals surface area contributed by atoms with Crippen LogP contribution in [0.5, 0.6) is 5.75 Å². The van der Waals surface area contributed by atoms with Crippen molar-refractivity contribution in [2.24, 2.45) is 0 Å². The molecular formula is C13H17NO4. The Hall–Kier alpha value is -2.04. The lowest BCUT2D eigenvalue weighted by Gasteiger charge is -2.05. The number of hydrogen-bond acceptors (Lipinski definition) is 4. The first-order valence-electron chi connectivity index (χ1n) is 5.82. The third kappa shape index (κ3) is 5.34. The number of hydrogen-bond donors (Lipinski definition) is 2. The number of nitrogens with one attached hydrogen (secondary N) is 1. The summed E-state index contributed by atoms with van der Waals surface area (Å²) in [5.41, 5.74) is 0.726.